The second-order valence-electron chi connectivity index (χ2n) is 2.75. The van der Waals surface area contributed by atoms with Gasteiger partial charge in [0.1, 0.15) is 0 Å². The highest BCUT2D eigenvalue weighted by molar-refractivity contribution is 14.1. The van der Waals surface area contributed by atoms with Crippen molar-refractivity contribution in [3.8, 4) is 0 Å². The summed E-state index contributed by atoms with van der Waals surface area (Å²) < 4.78 is 37.0. The Morgan fingerprint density at radius 3 is 2.29 bits per heavy atom. The predicted molar refractivity (Wildman–Crippen MR) is 54.2 cm³/mol. The largest absolute Gasteiger partial charge is 0.416 e. The molecule has 0 radical (unpaired) electrons. The van der Waals surface area contributed by atoms with E-state index in [0.717, 1.165) is 12.1 Å². The maximum absolute atomic E-state index is 12.2. The first-order valence-corrected chi connectivity index (χ1v) is 4.78. The van der Waals surface area contributed by atoms with Gasteiger partial charge in [0.05, 0.1) is 5.56 Å². The Labute approximate surface area is 92.4 Å². The molecule has 0 aromatic heterocycles. The molecule has 1 aromatic rings. The molecule has 0 saturated carbocycles. The molecule has 5 heteroatoms. The monoisotopic (exact) mass is 314 g/mol. The summed E-state index contributed by atoms with van der Waals surface area (Å²) in [5.41, 5.74) is -0.412. The summed E-state index contributed by atoms with van der Waals surface area (Å²) in [4.78, 5) is 10.9. The van der Waals surface area contributed by atoms with E-state index in [-0.39, 0.29) is 5.78 Å². The molecule has 0 spiro atoms. The zero-order chi connectivity index (χ0) is 10.9. The summed E-state index contributed by atoms with van der Waals surface area (Å²) in [6.45, 7) is 1.32. The Balaban J connectivity index is 3.20. The van der Waals surface area contributed by atoms with Crippen LogP contribution in [0.2, 0.25) is 0 Å². The van der Waals surface area contributed by atoms with Crippen molar-refractivity contribution in [1.82, 2.24) is 0 Å². The molecule has 1 rings (SSSR count). The molecule has 0 N–H and O–H groups in total. The molecule has 0 amide bonds. The summed E-state index contributed by atoms with van der Waals surface area (Å²) in [6, 6.07) is 3.09. The van der Waals surface area contributed by atoms with Crippen LogP contribution in [-0.4, -0.2) is 5.78 Å². The van der Waals surface area contributed by atoms with Crippen molar-refractivity contribution in [2.75, 3.05) is 0 Å². The van der Waals surface area contributed by atoms with Crippen LogP contribution in [0.3, 0.4) is 0 Å². The molecule has 1 aromatic carbocycles. The zero-order valence-corrected chi connectivity index (χ0v) is 9.31. The van der Waals surface area contributed by atoms with Gasteiger partial charge >= 0.3 is 6.18 Å². The average Bonchev–Trinajstić information content (AvgIpc) is 2.01. The van der Waals surface area contributed by atoms with Crippen molar-refractivity contribution in [2.45, 2.75) is 13.1 Å². The lowest BCUT2D eigenvalue weighted by molar-refractivity contribution is -0.137. The molecule has 0 unspecified atom stereocenters. The fraction of sp³-hybridized carbons (Fsp3) is 0.222. The maximum Gasteiger partial charge on any atom is 0.416 e. The molecule has 0 aliphatic rings. The van der Waals surface area contributed by atoms with E-state index in [0.29, 0.717) is 9.13 Å². The van der Waals surface area contributed by atoms with Crippen LogP contribution >= 0.6 is 22.6 Å². The second kappa shape index (κ2) is 3.88. The Morgan fingerprint density at radius 1 is 1.36 bits per heavy atom. The van der Waals surface area contributed by atoms with E-state index < -0.39 is 11.7 Å². The van der Waals surface area contributed by atoms with E-state index in [1.54, 1.807) is 22.6 Å². The van der Waals surface area contributed by atoms with Gasteiger partial charge in [-0.2, -0.15) is 13.2 Å². The third-order valence-corrected chi connectivity index (χ3v) is 2.57. The fourth-order valence-electron chi connectivity index (χ4n) is 0.977. The van der Waals surface area contributed by atoms with Crippen molar-refractivity contribution in [2.24, 2.45) is 0 Å². The van der Waals surface area contributed by atoms with Crippen molar-refractivity contribution in [3.05, 3.63) is 32.9 Å². The number of halogens is 4. The first-order chi connectivity index (χ1) is 6.32. The molecule has 0 aliphatic carbocycles. The third kappa shape index (κ3) is 2.46. The molecule has 0 atom stereocenters. The minimum atomic E-state index is -4.35. The Kier molecular flexibility index (Phi) is 3.18. The van der Waals surface area contributed by atoms with Gasteiger partial charge in [0.15, 0.2) is 5.78 Å². The van der Waals surface area contributed by atoms with Gasteiger partial charge in [-0.05, 0) is 47.7 Å². The molecule has 14 heavy (non-hydrogen) atoms. The lowest BCUT2D eigenvalue weighted by atomic mass is 10.1. The predicted octanol–water partition coefficient (Wildman–Crippen LogP) is 3.51. The number of hydrogen-bond acceptors (Lipinski definition) is 1. The van der Waals surface area contributed by atoms with Gasteiger partial charge in [0.2, 0.25) is 0 Å². The minimum absolute atomic E-state index is 0.233. The molecule has 0 saturated heterocycles. The number of Topliss-reactive ketones (excluding diaryl/α,β-unsaturated/α-hetero) is 1. The van der Waals surface area contributed by atoms with E-state index >= 15 is 0 Å². The summed E-state index contributed by atoms with van der Waals surface area (Å²) in [6.07, 6.45) is -4.35. The highest BCUT2D eigenvalue weighted by Crippen LogP contribution is 2.30. The highest BCUT2D eigenvalue weighted by Gasteiger charge is 2.30. The van der Waals surface area contributed by atoms with Crippen molar-refractivity contribution < 1.29 is 18.0 Å². The van der Waals surface area contributed by atoms with Crippen LogP contribution in [0, 0.1) is 3.57 Å². The quantitative estimate of drug-likeness (QED) is 0.573. The smallest absolute Gasteiger partial charge is 0.294 e. The molecule has 76 valence electrons. The number of alkyl halides is 3. The van der Waals surface area contributed by atoms with Crippen LogP contribution in [0.15, 0.2) is 18.2 Å². The number of benzene rings is 1. The molecule has 0 heterocycles. The summed E-state index contributed by atoms with van der Waals surface area (Å²) in [7, 11) is 0. The Morgan fingerprint density at radius 2 is 1.93 bits per heavy atom. The average molecular weight is 314 g/mol. The minimum Gasteiger partial charge on any atom is -0.294 e. The molecule has 1 nitrogen and oxygen atoms in total. The van der Waals surface area contributed by atoms with Crippen LogP contribution in [0.5, 0.6) is 0 Å². The van der Waals surface area contributed by atoms with Crippen molar-refractivity contribution in [3.63, 3.8) is 0 Å². The first kappa shape index (κ1) is 11.5. The summed E-state index contributed by atoms with van der Waals surface area (Å²) >= 11 is 1.72. The van der Waals surface area contributed by atoms with Gasteiger partial charge in [-0.1, -0.05) is 0 Å². The van der Waals surface area contributed by atoms with Gasteiger partial charge in [0.25, 0.3) is 0 Å². The standard InChI is InChI=1S/C9H6F3IO/c1-5(14)7-3-2-6(4-8(7)13)9(10,11)12/h2-4H,1H3. The van der Waals surface area contributed by atoms with E-state index in [4.69, 9.17) is 0 Å². The lowest BCUT2D eigenvalue weighted by Crippen LogP contribution is -2.07. The lowest BCUT2D eigenvalue weighted by Gasteiger charge is -2.08. The highest BCUT2D eigenvalue weighted by atomic mass is 127. The number of ketones is 1. The maximum atomic E-state index is 12.2. The van der Waals surface area contributed by atoms with Gasteiger partial charge in [0, 0.05) is 9.13 Å². The zero-order valence-electron chi connectivity index (χ0n) is 7.15. The van der Waals surface area contributed by atoms with E-state index in [1.165, 1.54) is 13.0 Å². The van der Waals surface area contributed by atoms with E-state index in [9.17, 15) is 18.0 Å². The first-order valence-electron chi connectivity index (χ1n) is 3.70. The van der Waals surface area contributed by atoms with Gasteiger partial charge in [-0.25, -0.2) is 0 Å². The second-order valence-corrected chi connectivity index (χ2v) is 3.91. The SMILES string of the molecule is CC(=O)c1ccc(C(F)(F)F)cc1I. The third-order valence-electron chi connectivity index (χ3n) is 1.68. The van der Waals surface area contributed by atoms with Crippen LogP contribution in [0.4, 0.5) is 13.2 Å². The van der Waals surface area contributed by atoms with Crippen molar-refractivity contribution in [1.29, 1.82) is 0 Å². The van der Waals surface area contributed by atoms with Gasteiger partial charge in [-0.15, -0.1) is 0 Å². The number of carbonyl (C=O) groups excluding carboxylic acids is 1. The Hall–Kier alpha value is -0.590. The summed E-state index contributed by atoms with van der Waals surface area (Å²) in [5, 5.41) is 0. The molecule has 0 aliphatic heterocycles. The number of carbonyl (C=O) groups is 1. The van der Waals surface area contributed by atoms with Gasteiger partial charge in [-0.3, -0.25) is 4.79 Å². The van der Waals surface area contributed by atoms with Crippen LogP contribution in [0.25, 0.3) is 0 Å². The van der Waals surface area contributed by atoms with Crippen molar-refractivity contribution >= 4 is 28.4 Å². The molecular formula is C9H6F3IO. The van der Waals surface area contributed by atoms with Crippen LogP contribution in [0.1, 0.15) is 22.8 Å². The normalized spacial score (nSPS) is 11.5. The molecule has 0 bridgehead atoms. The topological polar surface area (TPSA) is 17.1 Å². The van der Waals surface area contributed by atoms with E-state index in [1.807, 2.05) is 0 Å². The summed E-state index contributed by atoms with van der Waals surface area (Å²) in [5.74, 6) is -0.233. The fourth-order valence-corrected chi connectivity index (χ4v) is 1.87. The van der Waals surface area contributed by atoms with Crippen LogP contribution in [-0.2, 0) is 6.18 Å². The van der Waals surface area contributed by atoms with E-state index in [2.05, 4.69) is 0 Å². The Bertz CT molecular complexity index is 371. The number of rotatable bonds is 1. The van der Waals surface area contributed by atoms with Gasteiger partial charge < -0.3 is 0 Å². The molecule has 0 fully saturated rings. The molecular weight excluding hydrogens is 308 g/mol. The number of hydrogen-bond donors (Lipinski definition) is 0. The van der Waals surface area contributed by atoms with Crippen LogP contribution < -0.4 is 0 Å².